The molecule has 0 aromatic heterocycles. The van der Waals surface area contributed by atoms with Crippen LogP contribution in [0, 0.1) is 0 Å². The summed E-state index contributed by atoms with van der Waals surface area (Å²) in [5.74, 6) is 0. The molecule has 0 saturated heterocycles. The summed E-state index contributed by atoms with van der Waals surface area (Å²) in [6.07, 6.45) is 0. The minimum absolute atomic E-state index is 0.400. The molecule has 0 bridgehead atoms. The summed E-state index contributed by atoms with van der Waals surface area (Å²) >= 11 is 0. The van der Waals surface area contributed by atoms with Gasteiger partial charge in [0.2, 0.25) is 0 Å². The number of rotatable bonds is 5. The van der Waals surface area contributed by atoms with Crippen molar-refractivity contribution in [3.8, 4) is 0 Å². The zero-order valence-electron chi connectivity index (χ0n) is 12.5. The van der Waals surface area contributed by atoms with Crippen molar-refractivity contribution in [1.29, 1.82) is 0 Å². The zero-order chi connectivity index (χ0) is 14.1. The molecule has 2 N–H and O–H groups in total. The Morgan fingerprint density at radius 1 is 0.765 bits per heavy atom. The zero-order valence-corrected chi connectivity index (χ0v) is 12.5. The molecule has 0 unspecified atom stereocenters. The SMILES string of the molecule is CC(C)(O)C(C)(C)B=BOC(C)(C)C(C)(C)O. The first-order chi connectivity index (χ1) is 7.21. The molecule has 0 aliphatic heterocycles. The minimum atomic E-state index is -0.934. The Kier molecular flexibility index (Phi) is 4.81. The van der Waals surface area contributed by atoms with Gasteiger partial charge in [-0.2, -0.15) is 0 Å². The van der Waals surface area contributed by atoms with Crippen LogP contribution < -0.4 is 0 Å². The van der Waals surface area contributed by atoms with Gasteiger partial charge in [0.05, 0.1) is 0 Å². The maximum absolute atomic E-state index is 9.98. The molecule has 0 rings (SSSR count). The van der Waals surface area contributed by atoms with Gasteiger partial charge in [0.1, 0.15) is 0 Å². The van der Waals surface area contributed by atoms with Gasteiger partial charge in [0, 0.05) is 0 Å². The standard InChI is InChI=1S/C12H26B2O3/c1-9(2,10(3,4)15)13-14-17-12(7,8)11(5,6)16/h15-16H,1-8H3. The fraction of sp³-hybridized carbons (Fsp3) is 1.00. The van der Waals surface area contributed by atoms with Gasteiger partial charge in [0.25, 0.3) is 0 Å². The van der Waals surface area contributed by atoms with Gasteiger partial charge in [-0.05, 0) is 0 Å². The molecule has 3 nitrogen and oxygen atoms in total. The van der Waals surface area contributed by atoms with Crippen LogP contribution in [0.4, 0.5) is 0 Å². The Balaban J connectivity index is 4.70. The van der Waals surface area contributed by atoms with E-state index in [1.54, 1.807) is 34.7 Å². The molecule has 0 aromatic carbocycles. The van der Waals surface area contributed by atoms with Gasteiger partial charge in [-0.1, -0.05) is 0 Å². The number of aliphatic hydroxyl groups is 2. The second-order valence-corrected chi connectivity index (χ2v) is 6.77. The quantitative estimate of drug-likeness (QED) is 0.719. The van der Waals surface area contributed by atoms with Gasteiger partial charge < -0.3 is 0 Å². The third-order valence-electron chi connectivity index (χ3n) is 3.90. The van der Waals surface area contributed by atoms with E-state index >= 15 is 0 Å². The van der Waals surface area contributed by atoms with Gasteiger partial charge in [-0.25, -0.2) is 0 Å². The molecular formula is C12H26B2O3. The molecule has 0 fully saturated rings. The Morgan fingerprint density at radius 3 is 1.47 bits per heavy atom. The fourth-order valence-corrected chi connectivity index (χ4v) is 0.722. The third-order valence-corrected chi connectivity index (χ3v) is 3.90. The van der Waals surface area contributed by atoms with Crippen molar-refractivity contribution in [3.63, 3.8) is 0 Å². The van der Waals surface area contributed by atoms with Crippen LogP contribution in [-0.2, 0) is 4.65 Å². The van der Waals surface area contributed by atoms with Gasteiger partial charge in [-0.15, -0.1) is 0 Å². The van der Waals surface area contributed by atoms with Crippen molar-refractivity contribution in [3.05, 3.63) is 0 Å². The van der Waals surface area contributed by atoms with E-state index in [0.29, 0.717) is 0 Å². The summed E-state index contributed by atoms with van der Waals surface area (Å²) in [7, 11) is 1.57. The Bertz CT molecular complexity index is 283. The van der Waals surface area contributed by atoms with Crippen LogP contribution in [0.3, 0.4) is 0 Å². The molecule has 0 aliphatic carbocycles. The molecule has 0 atom stereocenters. The average molecular weight is 240 g/mol. The van der Waals surface area contributed by atoms with Crippen molar-refractivity contribution >= 4 is 13.8 Å². The molecular weight excluding hydrogens is 214 g/mol. The summed E-state index contributed by atoms with van der Waals surface area (Å²) in [4.78, 5) is 0. The van der Waals surface area contributed by atoms with E-state index < -0.39 is 22.1 Å². The van der Waals surface area contributed by atoms with Gasteiger partial charge >= 0.3 is 106 Å². The Hall–Kier alpha value is -0.150. The van der Waals surface area contributed by atoms with Crippen LogP contribution >= 0.6 is 0 Å². The number of hydrogen-bond donors (Lipinski definition) is 2. The van der Waals surface area contributed by atoms with Crippen LogP contribution in [0.15, 0.2) is 0 Å². The second-order valence-electron chi connectivity index (χ2n) is 6.77. The van der Waals surface area contributed by atoms with E-state index in [1.807, 2.05) is 34.5 Å². The Labute approximate surface area is 107 Å². The van der Waals surface area contributed by atoms with Crippen molar-refractivity contribution in [2.75, 3.05) is 0 Å². The van der Waals surface area contributed by atoms with Gasteiger partial charge in [0.15, 0.2) is 0 Å². The van der Waals surface area contributed by atoms with E-state index in [0.717, 1.165) is 0 Å². The van der Waals surface area contributed by atoms with E-state index in [4.69, 9.17) is 4.65 Å². The summed E-state index contributed by atoms with van der Waals surface area (Å²) in [6, 6.07) is 0. The molecule has 0 amide bonds. The van der Waals surface area contributed by atoms with Crippen molar-refractivity contribution < 1.29 is 14.9 Å². The predicted octanol–water partition coefficient (Wildman–Crippen LogP) is 1.76. The topological polar surface area (TPSA) is 49.7 Å². The average Bonchev–Trinajstić information content (AvgIpc) is 1.98. The van der Waals surface area contributed by atoms with Crippen molar-refractivity contribution in [1.82, 2.24) is 0 Å². The molecule has 0 heterocycles. The van der Waals surface area contributed by atoms with Crippen molar-refractivity contribution in [2.24, 2.45) is 0 Å². The monoisotopic (exact) mass is 240 g/mol. The molecule has 5 heteroatoms. The van der Waals surface area contributed by atoms with E-state index in [-0.39, 0.29) is 0 Å². The van der Waals surface area contributed by atoms with Gasteiger partial charge in [-0.3, -0.25) is 0 Å². The Morgan fingerprint density at radius 2 is 1.18 bits per heavy atom. The molecule has 0 radical (unpaired) electrons. The first-order valence-electron chi connectivity index (χ1n) is 6.01. The molecule has 0 aliphatic rings. The van der Waals surface area contributed by atoms with Crippen LogP contribution in [0.5, 0.6) is 0 Å². The molecule has 0 spiro atoms. The maximum atomic E-state index is 9.98. The first-order valence-corrected chi connectivity index (χ1v) is 6.01. The molecule has 0 aromatic rings. The molecule has 0 saturated carbocycles. The summed E-state index contributed by atoms with van der Waals surface area (Å²) in [5, 5.41) is 19.5. The summed E-state index contributed by atoms with van der Waals surface area (Å²) in [5.41, 5.74) is -2.44. The third kappa shape index (κ3) is 4.55. The van der Waals surface area contributed by atoms with E-state index in [1.165, 1.54) is 0 Å². The molecule has 17 heavy (non-hydrogen) atoms. The summed E-state index contributed by atoms with van der Waals surface area (Å²) in [6.45, 7) is 16.3. The number of hydrogen-bond acceptors (Lipinski definition) is 3. The van der Waals surface area contributed by atoms with Crippen LogP contribution in [-0.4, -0.2) is 40.8 Å². The van der Waals surface area contributed by atoms with E-state index in [9.17, 15) is 10.2 Å². The van der Waals surface area contributed by atoms with Crippen LogP contribution in [0.25, 0.3) is 0 Å². The molecule has 98 valence electrons. The van der Waals surface area contributed by atoms with E-state index in [2.05, 4.69) is 0 Å². The summed E-state index contributed by atoms with van der Waals surface area (Å²) < 4.78 is 5.58. The predicted molar refractivity (Wildman–Crippen MR) is 73.3 cm³/mol. The normalized spacial score (nSPS) is 14.5. The second kappa shape index (κ2) is 4.85. The fourth-order valence-electron chi connectivity index (χ4n) is 0.722. The van der Waals surface area contributed by atoms with Crippen molar-refractivity contribution in [2.45, 2.75) is 77.5 Å². The van der Waals surface area contributed by atoms with Crippen LogP contribution in [0.2, 0.25) is 5.31 Å². The first kappa shape index (κ1) is 16.8. The van der Waals surface area contributed by atoms with Crippen LogP contribution in [0.1, 0.15) is 55.4 Å².